The van der Waals surface area contributed by atoms with Gasteiger partial charge in [-0.15, -0.1) is 0 Å². The van der Waals surface area contributed by atoms with Crippen molar-refractivity contribution in [3.63, 3.8) is 0 Å². The largest absolute Gasteiger partial charge is 0.426 e. The Morgan fingerprint density at radius 3 is 2.88 bits per heavy atom. The number of fused-ring (bicyclic) bond motifs is 5. The number of aromatic nitrogens is 6. The third-order valence-electron chi connectivity index (χ3n) is 6.28. The first kappa shape index (κ1) is 20.7. The van der Waals surface area contributed by atoms with E-state index in [0.717, 1.165) is 17.6 Å². The van der Waals surface area contributed by atoms with E-state index in [1.54, 1.807) is 43.7 Å². The average Bonchev–Trinajstić information content (AvgIpc) is 3.32. The second-order valence-corrected chi connectivity index (χ2v) is 8.30. The summed E-state index contributed by atoms with van der Waals surface area (Å²) in [5.74, 6) is 0.480. The van der Waals surface area contributed by atoms with Crippen LogP contribution in [-0.4, -0.2) is 41.3 Å². The summed E-state index contributed by atoms with van der Waals surface area (Å²) in [5, 5.41) is 18.8. The molecule has 2 N–H and O–H groups in total. The normalized spacial score (nSPS) is 17.0. The Morgan fingerprint density at radius 1 is 1.21 bits per heavy atom. The molecule has 1 fully saturated rings. The van der Waals surface area contributed by atoms with Gasteiger partial charge in [-0.05, 0) is 44.4 Å². The Morgan fingerprint density at radius 2 is 2.09 bits per heavy atom. The molecule has 1 unspecified atom stereocenters. The number of ether oxygens (including phenoxy) is 1. The Hall–Kier alpha value is -3.86. The molecule has 9 nitrogen and oxygen atoms in total. The predicted octanol–water partition coefficient (Wildman–Crippen LogP) is 5.11. The Labute approximate surface area is 193 Å². The second-order valence-electron chi connectivity index (χ2n) is 8.30. The number of pyridine rings is 2. The first-order valence-corrected chi connectivity index (χ1v) is 11.0. The number of anilines is 2. The highest BCUT2D eigenvalue weighted by Crippen LogP contribution is 2.45. The van der Waals surface area contributed by atoms with Crippen molar-refractivity contribution >= 4 is 11.5 Å². The minimum Gasteiger partial charge on any atom is -0.426 e. The van der Waals surface area contributed by atoms with Crippen LogP contribution in [0.25, 0.3) is 33.9 Å². The SMILES string of the molecule is Cc1c(-c2nc3c(n2O)-c2cccnc2Nc2cnccc2-3)c(C(F)F)nn1C1CCCCO1. The fourth-order valence-electron chi connectivity index (χ4n) is 4.69. The first-order valence-electron chi connectivity index (χ1n) is 11.0. The van der Waals surface area contributed by atoms with Crippen molar-refractivity contribution in [2.24, 2.45) is 0 Å². The number of rotatable bonds is 3. The van der Waals surface area contributed by atoms with Gasteiger partial charge >= 0.3 is 0 Å². The van der Waals surface area contributed by atoms with E-state index < -0.39 is 18.3 Å². The van der Waals surface area contributed by atoms with E-state index in [2.05, 4.69) is 25.4 Å². The van der Waals surface area contributed by atoms with E-state index in [9.17, 15) is 14.0 Å². The van der Waals surface area contributed by atoms with Crippen molar-refractivity contribution in [2.45, 2.75) is 38.8 Å². The maximum atomic E-state index is 14.2. The number of nitrogens with zero attached hydrogens (tertiary/aromatic N) is 6. The van der Waals surface area contributed by atoms with E-state index in [1.165, 1.54) is 4.68 Å². The van der Waals surface area contributed by atoms with Crippen LogP contribution < -0.4 is 5.32 Å². The maximum absolute atomic E-state index is 14.2. The van der Waals surface area contributed by atoms with Crippen molar-refractivity contribution in [3.8, 4) is 33.9 Å². The standard InChI is InChI=1S/C23H21F2N7O2/c1-12-17(19(21(24)25)30-31(12)16-6-2-3-10-34-16)23-29-18-13-7-9-26-11-15(13)28-22-14(5-4-8-27-22)20(18)32(23)33/h4-5,7-9,11,16,21,33H,2-3,6,10H2,1H3,(H,27,28). The second kappa shape index (κ2) is 7.87. The van der Waals surface area contributed by atoms with Crippen LogP contribution in [-0.2, 0) is 4.74 Å². The molecule has 0 amide bonds. The van der Waals surface area contributed by atoms with Gasteiger partial charge in [0.15, 0.2) is 5.82 Å². The van der Waals surface area contributed by atoms with Crippen molar-refractivity contribution in [2.75, 3.05) is 11.9 Å². The van der Waals surface area contributed by atoms with Crippen molar-refractivity contribution in [1.82, 2.24) is 29.5 Å². The van der Waals surface area contributed by atoms with Crippen LogP contribution in [0.4, 0.5) is 20.3 Å². The van der Waals surface area contributed by atoms with E-state index in [0.29, 0.717) is 52.7 Å². The molecule has 174 valence electrons. The molecule has 4 aromatic heterocycles. The molecule has 0 spiro atoms. The summed E-state index contributed by atoms with van der Waals surface area (Å²) in [7, 11) is 0. The molecule has 2 aliphatic rings. The van der Waals surface area contributed by atoms with Crippen molar-refractivity contribution in [1.29, 1.82) is 0 Å². The van der Waals surface area contributed by atoms with Crippen LogP contribution in [0.3, 0.4) is 0 Å². The predicted molar refractivity (Wildman–Crippen MR) is 119 cm³/mol. The molecule has 0 radical (unpaired) electrons. The summed E-state index contributed by atoms with van der Waals surface area (Å²) in [6.45, 7) is 2.24. The molecular formula is C23H21F2N7O2. The zero-order chi connectivity index (χ0) is 23.4. The molecule has 0 bridgehead atoms. The topological polar surface area (TPSA) is 103 Å². The molecule has 6 heterocycles. The molecule has 34 heavy (non-hydrogen) atoms. The van der Waals surface area contributed by atoms with Gasteiger partial charge in [-0.3, -0.25) is 4.98 Å². The molecule has 1 saturated heterocycles. The molecule has 0 aromatic carbocycles. The summed E-state index contributed by atoms with van der Waals surface area (Å²) < 4.78 is 36.5. The van der Waals surface area contributed by atoms with E-state index in [1.807, 2.05) is 0 Å². The van der Waals surface area contributed by atoms with Gasteiger partial charge < -0.3 is 15.3 Å². The van der Waals surface area contributed by atoms with Crippen LogP contribution >= 0.6 is 0 Å². The third-order valence-corrected chi connectivity index (χ3v) is 6.28. The molecule has 4 aromatic rings. The molecule has 1 atom stereocenters. The number of hydrogen-bond donors (Lipinski definition) is 2. The summed E-state index contributed by atoms with van der Waals surface area (Å²) in [5.41, 5.74) is 2.76. The van der Waals surface area contributed by atoms with Crippen LogP contribution in [0, 0.1) is 6.92 Å². The minimum absolute atomic E-state index is 0.0145. The molecule has 0 aliphatic carbocycles. The number of alkyl halides is 2. The lowest BCUT2D eigenvalue weighted by Crippen LogP contribution is -2.20. The van der Waals surface area contributed by atoms with Crippen LogP contribution in [0.15, 0.2) is 36.8 Å². The van der Waals surface area contributed by atoms with Gasteiger partial charge in [0.05, 0.1) is 17.4 Å². The number of halogens is 2. The fourth-order valence-corrected chi connectivity index (χ4v) is 4.69. The van der Waals surface area contributed by atoms with Gasteiger partial charge in [0.2, 0.25) is 0 Å². The molecule has 11 heteroatoms. The van der Waals surface area contributed by atoms with E-state index >= 15 is 0 Å². The first-order chi connectivity index (χ1) is 16.5. The zero-order valence-corrected chi connectivity index (χ0v) is 18.2. The van der Waals surface area contributed by atoms with Crippen molar-refractivity contribution < 1.29 is 18.7 Å². The van der Waals surface area contributed by atoms with Gasteiger partial charge in [-0.25, -0.2) is 23.4 Å². The highest BCUT2D eigenvalue weighted by Gasteiger charge is 2.34. The Bertz CT molecular complexity index is 1390. The third kappa shape index (κ3) is 3.07. The Balaban J connectivity index is 1.61. The number of hydrogen-bond acceptors (Lipinski definition) is 7. The smallest absolute Gasteiger partial charge is 0.282 e. The summed E-state index contributed by atoms with van der Waals surface area (Å²) in [6, 6.07) is 5.27. The van der Waals surface area contributed by atoms with Crippen LogP contribution in [0.2, 0.25) is 0 Å². The van der Waals surface area contributed by atoms with Gasteiger partial charge in [0, 0.05) is 35.8 Å². The Kier molecular flexibility index (Phi) is 4.80. The fraction of sp³-hybridized carbons (Fsp3) is 0.304. The van der Waals surface area contributed by atoms with Crippen molar-refractivity contribution in [3.05, 3.63) is 48.2 Å². The minimum atomic E-state index is -2.86. The van der Waals surface area contributed by atoms with Crippen LogP contribution in [0.5, 0.6) is 0 Å². The van der Waals surface area contributed by atoms with E-state index in [-0.39, 0.29) is 11.4 Å². The van der Waals surface area contributed by atoms with Gasteiger partial charge in [-0.1, -0.05) is 0 Å². The van der Waals surface area contributed by atoms with Crippen LogP contribution in [0.1, 0.15) is 43.3 Å². The van der Waals surface area contributed by atoms with Gasteiger partial charge in [-0.2, -0.15) is 9.83 Å². The molecule has 2 aliphatic heterocycles. The number of nitrogens with one attached hydrogen (secondary N) is 1. The maximum Gasteiger partial charge on any atom is 0.282 e. The van der Waals surface area contributed by atoms with Gasteiger partial charge in [0.1, 0.15) is 29.1 Å². The lowest BCUT2D eigenvalue weighted by Gasteiger charge is -2.24. The molecular weight excluding hydrogens is 444 g/mol. The van der Waals surface area contributed by atoms with Gasteiger partial charge in [0.25, 0.3) is 6.43 Å². The lowest BCUT2D eigenvalue weighted by molar-refractivity contribution is -0.0413. The monoisotopic (exact) mass is 465 g/mol. The highest BCUT2D eigenvalue weighted by atomic mass is 19.3. The quantitative estimate of drug-likeness (QED) is 0.357. The summed E-state index contributed by atoms with van der Waals surface area (Å²) in [4.78, 5) is 13.2. The molecule has 6 rings (SSSR count). The number of imidazole rings is 1. The lowest BCUT2D eigenvalue weighted by atomic mass is 10.1. The summed E-state index contributed by atoms with van der Waals surface area (Å²) in [6.07, 6.45) is 4.11. The summed E-state index contributed by atoms with van der Waals surface area (Å²) >= 11 is 0. The molecule has 0 saturated carbocycles. The highest BCUT2D eigenvalue weighted by molar-refractivity contribution is 5.95. The van der Waals surface area contributed by atoms with E-state index in [4.69, 9.17) is 4.74 Å². The zero-order valence-electron chi connectivity index (χ0n) is 18.2. The average molecular weight is 465 g/mol.